The minimum absolute atomic E-state index is 0.213. The number of imide groups is 1. The molecule has 0 aromatic heterocycles. The average molecular weight is 347 g/mol. The quantitative estimate of drug-likeness (QED) is 0.816. The summed E-state index contributed by atoms with van der Waals surface area (Å²) in [5.74, 6) is -0.320. The fraction of sp³-hybridized carbons (Fsp3) is 0.273. The predicted molar refractivity (Wildman–Crippen MR) is 74.6 cm³/mol. The normalized spacial score (nSPS) is 9.82. The number of rotatable bonds is 3. The highest BCUT2D eigenvalue weighted by Gasteiger charge is 2.17. The number of hydrogen-bond donors (Lipinski definition) is 2. The maximum Gasteiger partial charge on any atom is 0.328 e. The summed E-state index contributed by atoms with van der Waals surface area (Å²) >= 11 is 2.11. The topological polar surface area (TPSA) is 75.4 Å². The van der Waals surface area contributed by atoms with Gasteiger partial charge in [0.1, 0.15) is 0 Å². The van der Waals surface area contributed by atoms with Crippen molar-refractivity contribution in [1.29, 1.82) is 0 Å². The number of nitrogens with two attached hydrogens (primary N) is 1. The van der Waals surface area contributed by atoms with E-state index < -0.39 is 6.03 Å². The molecule has 0 aliphatic rings. The molecule has 1 aromatic carbocycles. The zero-order valence-electron chi connectivity index (χ0n) is 9.44. The third-order valence-corrected chi connectivity index (χ3v) is 3.03. The maximum atomic E-state index is 11.8. The Balaban J connectivity index is 2.77. The molecule has 0 aliphatic heterocycles. The number of halogens is 1. The van der Waals surface area contributed by atoms with Crippen LogP contribution in [0.5, 0.6) is 0 Å². The van der Waals surface area contributed by atoms with Crippen molar-refractivity contribution in [2.24, 2.45) is 5.73 Å². The molecular weight excluding hydrogens is 333 g/mol. The van der Waals surface area contributed by atoms with Crippen LogP contribution >= 0.6 is 22.6 Å². The smallest absolute Gasteiger partial charge is 0.328 e. The molecule has 0 heterocycles. The first-order valence-electron chi connectivity index (χ1n) is 5.10. The SMILES string of the molecule is CC(=O)N(CCN)C(=O)Nc1ccccc1I. The van der Waals surface area contributed by atoms with Crippen molar-refractivity contribution in [2.45, 2.75) is 6.92 Å². The van der Waals surface area contributed by atoms with Gasteiger partial charge >= 0.3 is 6.03 Å². The Labute approximate surface area is 113 Å². The van der Waals surface area contributed by atoms with Gasteiger partial charge in [-0.3, -0.25) is 9.69 Å². The molecule has 0 bridgehead atoms. The van der Waals surface area contributed by atoms with E-state index in [2.05, 4.69) is 27.9 Å². The molecule has 0 aliphatic carbocycles. The first-order valence-corrected chi connectivity index (χ1v) is 6.18. The molecule has 17 heavy (non-hydrogen) atoms. The van der Waals surface area contributed by atoms with Crippen LogP contribution in [0.2, 0.25) is 0 Å². The number of nitrogens with zero attached hydrogens (tertiary/aromatic N) is 1. The number of para-hydroxylation sites is 1. The number of carbonyl (C=O) groups excluding carboxylic acids is 2. The molecule has 0 saturated carbocycles. The summed E-state index contributed by atoms with van der Waals surface area (Å²) in [5.41, 5.74) is 6.03. The molecule has 92 valence electrons. The van der Waals surface area contributed by atoms with Crippen molar-refractivity contribution in [1.82, 2.24) is 4.90 Å². The van der Waals surface area contributed by atoms with Gasteiger partial charge in [-0.05, 0) is 34.7 Å². The second-order valence-corrected chi connectivity index (χ2v) is 4.53. The second-order valence-electron chi connectivity index (χ2n) is 3.37. The minimum atomic E-state index is -0.452. The average Bonchev–Trinajstić information content (AvgIpc) is 2.28. The Morgan fingerprint density at radius 2 is 2.06 bits per heavy atom. The summed E-state index contributed by atoms with van der Waals surface area (Å²) in [5, 5.41) is 2.68. The molecule has 3 N–H and O–H groups in total. The molecule has 3 amide bonds. The highest BCUT2D eigenvalue weighted by Crippen LogP contribution is 2.17. The van der Waals surface area contributed by atoms with E-state index in [-0.39, 0.29) is 19.0 Å². The van der Waals surface area contributed by atoms with Crippen molar-refractivity contribution >= 4 is 40.2 Å². The van der Waals surface area contributed by atoms with Gasteiger partial charge < -0.3 is 11.1 Å². The Hall–Kier alpha value is -1.15. The number of amides is 3. The van der Waals surface area contributed by atoms with Gasteiger partial charge in [0.15, 0.2) is 0 Å². The molecule has 6 heteroatoms. The Kier molecular flexibility index (Phi) is 5.36. The Bertz CT molecular complexity index is 423. The molecule has 0 saturated heterocycles. The lowest BCUT2D eigenvalue weighted by atomic mass is 10.3. The highest BCUT2D eigenvalue weighted by molar-refractivity contribution is 14.1. The van der Waals surface area contributed by atoms with E-state index in [0.717, 1.165) is 8.47 Å². The van der Waals surface area contributed by atoms with Gasteiger partial charge in [-0.1, -0.05) is 12.1 Å². The molecule has 0 atom stereocenters. The third kappa shape index (κ3) is 3.97. The van der Waals surface area contributed by atoms with E-state index in [1.807, 2.05) is 18.2 Å². The number of nitrogens with one attached hydrogen (secondary N) is 1. The first kappa shape index (κ1) is 13.9. The van der Waals surface area contributed by atoms with Crippen LogP contribution < -0.4 is 11.1 Å². The zero-order chi connectivity index (χ0) is 12.8. The number of hydrogen-bond acceptors (Lipinski definition) is 3. The van der Waals surface area contributed by atoms with Gasteiger partial charge in [0.05, 0.1) is 5.69 Å². The van der Waals surface area contributed by atoms with Crippen LogP contribution in [0.1, 0.15) is 6.92 Å². The van der Waals surface area contributed by atoms with Crippen molar-refractivity contribution in [3.05, 3.63) is 27.8 Å². The summed E-state index contributed by atoms with van der Waals surface area (Å²) in [6, 6.07) is 6.89. The van der Waals surface area contributed by atoms with Gasteiger partial charge in [0.25, 0.3) is 0 Å². The lowest BCUT2D eigenvalue weighted by Gasteiger charge is -2.19. The van der Waals surface area contributed by atoms with Crippen molar-refractivity contribution in [3.63, 3.8) is 0 Å². The Morgan fingerprint density at radius 3 is 2.59 bits per heavy atom. The lowest BCUT2D eigenvalue weighted by Crippen LogP contribution is -2.41. The highest BCUT2D eigenvalue weighted by atomic mass is 127. The molecule has 1 rings (SSSR count). The van der Waals surface area contributed by atoms with Gasteiger partial charge in [-0.15, -0.1) is 0 Å². The van der Waals surface area contributed by atoms with E-state index in [0.29, 0.717) is 5.69 Å². The molecule has 1 aromatic rings. The molecule has 5 nitrogen and oxygen atoms in total. The third-order valence-electron chi connectivity index (χ3n) is 2.09. The number of benzene rings is 1. The lowest BCUT2D eigenvalue weighted by molar-refractivity contribution is -0.125. The van der Waals surface area contributed by atoms with Crippen LogP contribution in [0.25, 0.3) is 0 Å². The fourth-order valence-corrected chi connectivity index (χ4v) is 1.80. The largest absolute Gasteiger partial charge is 0.329 e. The Morgan fingerprint density at radius 1 is 1.41 bits per heavy atom. The van der Waals surface area contributed by atoms with Crippen molar-refractivity contribution in [3.8, 4) is 0 Å². The summed E-state index contributed by atoms with van der Waals surface area (Å²) in [4.78, 5) is 24.2. The van der Waals surface area contributed by atoms with E-state index >= 15 is 0 Å². The van der Waals surface area contributed by atoms with E-state index in [9.17, 15) is 9.59 Å². The van der Waals surface area contributed by atoms with Gasteiger partial charge in [-0.25, -0.2) is 4.79 Å². The van der Waals surface area contributed by atoms with E-state index in [1.165, 1.54) is 6.92 Å². The monoisotopic (exact) mass is 347 g/mol. The summed E-state index contributed by atoms with van der Waals surface area (Å²) < 4.78 is 0.912. The molecule has 0 unspecified atom stereocenters. The summed E-state index contributed by atoms with van der Waals surface area (Å²) in [7, 11) is 0. The summed E-state index contributed by atoms with van der Waals surface area (Å²) in [6.07, 6.45) is 0. The molecule has 0 fully saturated rings. The van der Waals surface area contributed by atoms with Crippen LogP contribution in [0.3, 0.4) is 0 Å². The minimum Gasteiger partial charge on any atom is -0.329 e. The number of anilines is 1. The fourth-order valence-electron chi connectivity index (χ4n) is 1.28. The van der Waals surface area contributed by atoms with Gasteiger partial charge in [0, 0.05) is 23.6 Å². The van der Waals surface area contributed by atoms with Crippen molar-refractivity contribution < 1.29 is 9.59 Å². The number of urea groups is 1. The van der Waals surface area contributed by atoms with Crippen molar-refractivity contribution in [2.75, 3.05) is 18.4 Å². The first-order chi connectivity index (χ1) is 8.06. The van der Waals surface area contributed by atoms with Crippen LogP contribution in [-0.4, -0.2) is 29.9 Å². The predicted octanol–water partition coefficient (Wildman–Crippen LogP) is 1.63. The van der Waals surface area contributed by atoms with Gasteiger partial charge in [0.2, 0.25) is 5.91 Å². The van der Waals surface area contributed by atoms with Gasteiger partial charge in [-0.2, -0.15) is 0 Å². The van der Waals surface area contributed by atoms with Crippen LogP contribution in [0, 0.1) is 3.57 Å². The van der Waals surface area contributed by atoms with Crippen LogP contribution in [0.15, 0.2) is 24.3 Å². The van der Waals surface area contributed by atoms with Crippen LogP contribution in [-0.2, 0) is 4.79 Å². The maximum absolute atomic E-state index is 11.8. The zero-order valence-corrected chi connectivity index (χ0v) is 11.6. The molecular formula is C11H14IN3O2. The summed E-state index contributed by atoms with van der Waals surface area (Å²) in [6.45, 7) is 1.80. The standard InChI is InChI=1S/C11H14IN3O2/c1-8(16)15(7-6-13)11(17)14-10-5-3-2-4-9(10)12/h2-5H,6-7,13H2,1H3,(H,14,17). The van der Waals surface area contributed by atoms with E-state index in [4.69, 9.17) is 5.73 Å². The molecule has 0 spiro atoms. The van der Waals surface area contributed by atoms with Crippen LogP contribution in [0.4, 0.5) is 10.5 Å². The number of carbonyl (C=O) groups is 2. The molecule has 0 radical (unpaired) electrons. The second kappa shape index (κ2) is 6.55. The van der Waals surface area contributed by atoms with E-state index in [1.54, 1.807) is 6.07 Å².